The zero-order valence-corrected chi connectivity index (χ0v) is 11.0. The second-order valence-electron chi connectivity index (χ2n) is 4.05. The highest BCUT2D eigenvalue weighted by Crippen LogP contribution is 2.28. The molecular formula is C15H12O5. The molecule has 0 aliphatic heterocycles. The van der Waals surface area contributed by atoms with Crippen molar-refractivity contribution in [1.29, 1.82) is 0 Å². The van der Waals surface area contributed by atoms with E-state index in [9.17, 15) is 14.4 Å². The molecule has 0 heterocycles. The number of hydrogen-bond donors (Lipinski definition) is 0. The predicted molar refractivity (Wildman–Crippen MR) is 70.9 cm³/mol. The first kappa shape index (κ1) is 13.7. The fourth-order valence-electron chi connectivity index (χ4n) is 1.94. The molecule has 1 aliphatic carbocycles. The second kappa shape index (κ2) is 5.52. The average molecular weight is 272 g/mol. The smallest absolute Gasteiger partial charge is 0.262 e. The Morgan fingerprint density at radius 2 is 1.65 bits per heavy atom. The molecule has 2 rings (SSSR count). The van der Waals surface area contributed by atoms with E-state index in [0.717, 1.165) is 6.08 Å². The van der Waals surface area contributed by atoms with Gasteiger partial charge in [0.2, 0.25) is 0 Å². The van der Waals surface area contributed by atoms with E-state index in [2.05, 4.69) is 0 Å². The summed E-state index contributed by atoms with van der Waals surface area (Å²) in [6, 6.07) is 6.32. The van der Waals surface area contributed by atoms with Gasteiger partial charge >= 0.3 is 0 Å². The maximum atomic E-state index is 12.1. The SMILES string of the molecule is COC1=CC(=O)C(c2ccc(C=O)cc2)=C(OC)C1=O. The largest absolute Gasteiger partial charge is 0.492 e. The maximum absolute atomic E-state index is 12.1. The molecule has 1 aromatic carbocycles. The van der Waals surface area contributed by atoms with Gasteiger partial charge in [-0.15, -0.1) is 0 Å². The van der Waals surface area contributed by atoms with Crippen molar-refractivity contribution in [3.63, 3.8) is 0 Å². The summed E-state index contributed by atoms with van der Waals surface area (Å²) < 4.78 is 9.91. The van der Waals surface area contributed by atoms with E-state index in [1.807, 2.05) is 0 Å². The van der Waals surface area contributed by atoms with Gasteiger partial charge in [-0.2, -0.15) is 0 Å². The lowest BCUT2D eigenvalue weighted by Crippen LogP contribution is -2.20. The Morgan fingerprint density at radius 3 is 2.15 bits per heavy atom. The van der Waals surface area contributed by atoms with E-state index < -0.39 is 5.78 Å². The maximum Gasteiger partial charge on any atom is 0.262 e. The summed E-state index contributed by atoms with van der Waals surface area (Å²) in [5.41, 5.74) is 1.16. The van der Waals surface area contributed by atoms with Crippen molar-refractivity contribution in [3.8, 4) is 0 Å². The zero-order valence-electron chi connectivity index (χ0n) is 11.0. The highest BCUT2D eigenvalue weighted by atomic mass is 16.5. The van der Waals surface area contributed by atoms with E-state index in [-0.39, 0.29) is 22.9 Å². The quantitative estimate of drug-likeness (QED) is 0.614. The highest BCUT2D eigenvalue weighted by molar-refractivity contribution is 6.36. The van der Waals surface area contributed by atoms with Gasteiger partial charge in [-0.05, 0) is 5.56 Å². The van der Waals surface area contributed by atoms with Crippen molar-refractivity contribution >= 4 is 23.4 Å². The Morgan fingerprint density at radius 1 is 1.00 bits per heavy atom. The number of rotatable bonds is 4. The molecule has 1 aliphatic rings. The molecule has 0 fully saturated rings. The first-order valence-electron chi connectivity index (χ1n) is 5.81. The fourth-order valence-corrected chi connectivity index (χ4v) is 1.94. The molecule has 0 atom stereocenters. The van der Waals surface area contributed by atoms with Crippen molar-refractivity contribution in [3.05, 3.63) is 53.0 Å². The van der Waals surface area contributed by atoms with Crippen LogP contribution in [0.15, 0.2) is 41.9 Å². The minimum absolute atomic E-state index is 0.0555. The summed E-state index contributed by atoms with van der Waals surface area (Å²) in [5, 5.41) is 0. The Kier molecular flexibility index (Phi) is 3.79. The van der Waals surface area contributed by atoms with Crippen LogP contribution in [0.2, 0.25) is 0 Å². The minimum atomic E-state index is -0.482. The van der Waals surface area contributed by atoms with Gasteiger partial charge in [-0.25, -0.2) is 0 Å². The standard InChI is InChI=1S/C15H12O5/c1-19-12-7-11(17)13(15(20-2)14(12)18)10-5-3-9(8-16)4-6-10/h3-8H,1-2H3. The number of carbonyl (C=O) groups is 3. The van der Waals surface area contributed by atoms with E-state index in [4.69, 9.17) is 9.47 Å². The van der Waals surface area contributed by atoms with Gasteiger partial charge in [0, 0.05) is 11.6 Å². The summed E-state index contributed by atoms with van der Waals surface area (Å²) >= 11 is 0. The molecule has 5 heteroatoms. The number of allylic oxidation sites excluding steroid dienone is 2. The molecule has 0 unspecified atom stereocenters. The van der Waals surface area contributed by atoms with E-state index in [0.29, 0.717) is 17.4 Å². The van der Waals surface area contributed by atoms with Gasteiger partial charge in [0.1, 0.15) is 6.29 Å². The summed E-state index contributed by atoms with van der Waals surface area (Å²) in [6.45, 7) is 0. The molecule has 0 N–H and O–H groups in total. The molecule has 5 nitrogen and oxygen atoms in total. The number of hydrogen-bond acceptors (Lipinski definition) is 5. The lowest BCUT2D eigenvalue weighted by Gasteiger charge is -2.17. The van der Waals surface area contributed by atoms with Gasteiger partial charge in [-0.3, -0.25) is 14.4 Å². The first-order valence-corrected chi connectivity index (χ1v) is 5.81. The molecule has 0 radical (unpaired) electrons. The lowest BCUT2D eigenvalue weighted by atomic mass is 9.93. The first-order chi connectivity index (χ1) is 9.62. The van der Waals surface area contributed by atoms with Crippen LogP contribution >= 0.6 is 0 Å². The van der Waals surface area contributed by atoms with Gasteiger partial charge in [0.05, 0.1) is 19.8 Å². The predicted octanol–water partition coefficient (Wildman–Crippen LogP) is 1.54. The van der Waals surface area contributed by atoms with Crippen LogP contribution in [0.3, 0.4) is 0 Å². The number of Topliss-reactive ketones (excluding diaryl/α,β-unsaturated/α-hetero) is 1. The van der Waals surface area contributed by atoms with Crippen LogP contribution in [0.1, 0.15) is 15.9 Å². The van der Waals surface area contributed by atoms with Gasteiger partial charge in [0.25, 0.3) is 5.78 Å². The second-order valence-corrected chi connectivity index (χ2v) is 4.05. The van der Waals surface area contributed by atoms with Crippen LogP contribution in [0.4, 0.5) is 0 Å². The third-order valence-electron chi connectivity index (χ3n) is 2.93. The van der Waals surface area contributed by atoms with Crippen molar-refractivity contribution in [2.45, 2.75) is 0 Å². The van der Waals surface area contributed by atoms with Crippen molar-refractivity contribution in [2.24, 2.45) is 0 Å². The van der Waals surface area contributed by atoms with Gasteiger partial charge in [-0.1, -0.05) is 24.3 Å². The number of carbonyl (C=O) groups excluding carboxylic acids is 3. The molecule has 20 heavy (non-hydrogen) atoms. The summed E-state index contributed by atoms with van der Waals surface area (Å²) in [7, 11) is 2.63. The Bertz CT molecular complexity index is 635. The molecule has 0 aromatic heterocycles. The summed E-state index contributed by atoms with van der Waals surface area (Å²) in [6.07, 6.45) is 1.83. The average Bonchev–Trinajstić information content (AvgIpc) is 2.48. The molecule has 0 amide bonds. The molecular weight excluding hydrogens is 260 g/mol. The zero-order chi connectivity index (χ0) is 14.7. The number of benzene rings is 1. The lowest BCUT2D eigenvalue weighted by molar-refractivity contribution is -0.119. The van der Waals surface area contributed by atoms with Gasteiger partial charge in [0.15, 0.2) is 17.3 Å². The topological polar surface area (TPSA) is 69.7 Å². The molecule has 1 aromatic rings. The monoisotopic (exact) mass is 272 g/mol. The Labute approximate surface area is 115 Å². The fraction of sp³-hybridized carbons (Fsp3) is 0.133. The number of ether oxygens (including phenoxy) is 2. The highest BCUT2D eigenvalue weighted by Gasteiger charge is 2.31. The van der Waals surface area contributed by atoms with Crippen molar-refractivity contribution in [2.75, 3.05) is 14.2 Å². The normalized spacial score (nSPS) is 15.0. The van der Waals surface area contributed by atoms with Crippen molar-refractivity contribution in [1.82, 2.24) is 0 Å². The van der Waals surface area contributed by atoms with E-state index in [1.165, 1.54) is 14.2 Å². The van der Waals surface area contributed by atoms with E-state index in [1.54, 1.807) is 24.3 Å². The molecule has 102 valence electrons. The minimum Gasteiger partial charge on any atom is -0.492 e. The molecule has 0 saturated carbocycles. The van der Waals surface area contributed by atoms with Gasteiger partial charge < -0.3 is 9.47 Å². The number of methoxy groups -OCH3 is 2. The van der Waals surface area contributed by atoms with Crippen LogP contribution in [0.25, 0.3) is 5.57 Å². The van der Waals surface area contributed by atoms with Crippen molar-refractivity contribution < 1.29 is 23.9 Å². The summed E-state index contributed by atoms with van der Waals surface area (Å²) in [5.74, 6) is -0.977. The van der Waals surface area contributed by atoms with E-state index >= 15 is 0 Å². The Hall–Kier alpha value is -2.69. The molecule has 0 bridgehead atoms. The third kappa shape index (κ3) is 2.25. The number of ketones is 2. The summed E-state index contributed by atoms with van der Waals surface area (Å²) in [4.78, 5) is 34.8. The third-order valence-corrected chi connectivity index (χ3v) is 2.93. The Balaban J connectivity index is 2.54. The van der Waals surface area contributed by atoms with Crippen LogP contribution < -0.4 is 0 Å². The van der Waals surface area contributed by atoms with Crippen LogP contribution in [-0.4, -0.2) is 32.1 Å². The molecule has 0 saturated heterocycles. The molecule has 0 spiro atoms. The van der Waals surface area contributed by atoms with Crippen LogP contribution in [0.5, 0.6) is 0 Å². The van der Waals surface area contributed by atoms with Crippen LogP contribution in [-0.2, 0) is 19.1 Å². The number of aldehydes is 1. The van der Waals surface area contributed by atoms with Crippen LogP contribution in [0, 0.1) is 0 Å².